The van der Waals surface area contributed by atoms with Gasteiger partial charge in [-0.15, -0.1) is 0 Å². The van der Waals surface area contributed by atoms with E-state index in [1.165, 1.54) is 25.7 Å². The van der Waals surface area contributed by atoms with Crippen molar-refractivity contribution in [3.8, 4) is 0 Å². The minimum atomic E-state index is 0.243. The third-order valence-electron chi connectivity index (χ3n) is 6.17. The van der Waals surface area contributed by atoms with Gasteiger partial charge in [0.2, 0.25) is 5.91 Å². The molecule has 0 spiro atoms. The van der Waals surface area contributed by atoms with E-state index in [9.17, 15) is 4.79 Å². The Bertz CT molecular complexity index is 739. The summed E-state index contributed by atoms with van der Waals surface area (Å²) in [7, 11) is 0. The maximum Gasteiger partial charge on any atom is 0.229 e. The lowest BCUT2D eigenvalue weighted by molar-refractivity contribution is -0.129. The summed E-state index contributed by atoms with van der Waals surface area (Å²) in [5.74, 6) is 3.39. The van der Waals surface area contributed by atoms with E-state index < -0.39 is 0 Å². The van der Waals surface area contributed by atoms with Crippen LogP contribution in [-0.4, -0.2) is 27.8 Å². The van der Waals surface area contributed by atoms with E-state index in [-0.39, 0.29) is 11.9 Å². The van der Waals surface area contributed by atoms with E-state index in [0.717, 1.165) is 34.9 Å². The molecule has 3 fully saturated rings. The van der Waals surface area contributed by atoms with Crippen LogP contribution >= 0.6 is 35.0 Å². The van der Waals surface area contributed by atoms with Crippen molar-refractivity contribution in [1.29, 1.82) is 0 Å². The number of halogens is 2. The van der Waals surface area contributed by atoms with Crippen LogP contribution in [0.3, 0.4) is 0 Å². The van der Waals surface area contributed by atoms with Gasteiger partial charge in [0, 0.05) is 18.2 Å². The van der Waals surface area contributed by atoms with Crippen LogP contribution in [0.2, 0.25) is 10.0 Å². The first kappa shape index (κ1) is 18.6. The van der Waals surface area contributed by atoms with Crippen LogP contribution in [0.1, 0.15) is 45.4 Å². The zero-order valence-corrected chi connectivity index (χ0v) is 17.3. The molecule has 0 radical (unpaired) electrons. The van der Waals surface area contributed by atoms with Crippen LogP contribution < -0.4 is 0 Å². The predicted octanol–water partition coefficient (Wildman–Crippen LogP) is 6.16. The molecule has 2 bridgehead atoms. The van der Waals surface area contributed by atoms with Gasteiger partial charge in [-0.1, -0.05) is 48.3 Å². The van der Waals surface area contributed by atoms with E-state index in [1.54, 1.807) is 23.9 Å². The first-order valence-electron chi connectivity index (χ1n) is 9.53. The molecule has 0 aromatic heterocycles. The average molecular weight is 411 g/mol. The molecule has 4 rings (SSSR count). The number of carbonyl (C=O) groups is 1. The highest BCUT2D eigenvalue weighted by Crippen LogP contribution is 2.50. The van der Waals surface area contributed by atoms with Crippen molar-refractivity contribution in [2.75, 3.05) is 5.75 Å². The number of amides is 1. The van der Waals surface area contributed by atoms with Crippen molar-refractivity contribution in [3.63, 3.8) is 0 Å². The van der Waals surface area contributed by atoms with Gasteiger partial charge in [-0.2, -0.15) is 0 Å². The zero-order valence-electron chi connectivity index (χ0n) is 15.0. The molecule has 1 aromatic carbocycles. The minimum Gasteiger partial charge on any atom is -0.287 e. The number of benzene rings is 1. The lowest BCUT2D eigenvalue weighted by atomic mass is 9.86. The molecule has 4 atom stereocenters. The Morgan fingerprint density at radius 3 is 2.77 bits per heavy atom. The smallest absolute Gasteiger partial charge is 0.229 e. The van der Waals surface area contributed by atoms with Crippen molar-refractivity contribution in [1.82, 2.24) is 4.90 Å². The zero-order chi connectivity index (χ0) is 18.3. The second-order valence-corrected chi connectivity index (χ2v) is 9.57. The number of amidine groups is 1. The summed E-state index contributed by atoms with van der Waals surface area (Å²) in [4.78, 5) is 19.8. The third-order valence-corrected chi connectivity index (χ3v) is 8.00. The summed E-state index contributed by atoms with van der Waals surface area (Å²) < 4.78 is 0. The topological polar surface area (TPSA) is 32.7 Å². The van der Waals surface area contributed by atoms with Gasteiger partial charge in [-0.05, 0) is 61.6 Å². The van der Waals surface area contributed by atoms with Gasteiger partial charge in [0.05, 0.1) is 15.7 Å². The summed E-state index contributed by atoms with van der Waals surface area (Å²) in [6.45, 7) is 2.14. The Labute approximate surface area is 169 Å². The van der Waals surface area contributed by atoms with Gasteiger partial charge in [0.25, 0.3) is 0 Å². The fraction of sp³-hybridized carbons (Fsp3) is 0.600. The van der Waals surface area contributed by atoms with Crippen LogP contribution in [0.5, 0.6) is 0 Å². The van der Waals surface area contributed by atoms with Gasteiger partial charge < -0.3 is 0 Å². The van der Waals surface area contributed by atoms with E-state index in [2.05, 4.69) is 6.92 Å². The molecule has 140 valence electrons. The van der Waals surface area contributed by atoms with Crippen molar-refractivity contribution in [2.24, 2.45) is 22.7 Å². The van der Waals surface area contributed by atoms with Crippen LogP contribution in [0.15, 0.2) is 23.2 Å². The SMILES string of the molecule is CCC1CSC(=Nc2ccc(Cl)c(Cl)c2)N1C(=O)CC1CC2CCC1C2. The molecule has 1 amide bonds. The molecule has 1 aliphatic heterocycles. The fourth-order valence-electron chi connectivity index (χ4n) is 4.78. The van der Waals surface area contributed by atoms with E-state index in [4.69, 9.17) is 28.2 Å². The second kappa shape index (κ2) is 7.73. The fourth-order valence-corrected chi connectivity index (χ4v) is 6.36. The quantitative estimate of drug-likeness (QED) is 0.594. The maximum atomic E-state index is 13.2. The Hall–Kier alpha value is -0.710. The molecule has 2 saturated carbocycles. The number of fused-ring (bicyclic) bond motifs is 2. The molecule has 3 nitrogen and oxygen atoms in total. The van der Waals surface area contributed by atoms with Crippen LogP contribution in [0, 0.1) is 17.8 Å². The van der Waals surface area contributed by atoms with E-state index in [1.807, 2.05) is 11.0 Å². The Balaban J connectivity index is 1.53. The highest BCUT2D eigenvalue weighted by molar-refractivity contribution is 8.14. The Kier molecular flexibility index (Phi) is 5.54. The molecule has 6 heteroatoms. The molecule has 4 unspecified atom stereocenters. The molecule has 1 saturated heterocycles. The first-order chi connectivity index (χ1) is 12.5. The van der Waals surface area contributed by atoms with Crippen molar-refractivity contribution >= 4 is 51.7 Å². The van der Waals surface area contributed by atoms with Crippen LogP contribution in [0.25, 0.3) is 0 Å². The highest BCUT2D eigenvalue weighted by atomic mass is 35.5. The second-order valence-electron chi connectivity index (χ2n) is 7.77. The molecule has 1 heterocycles. The molecule has 2 aliphatic carbocycles. The summed E-state index contributed by atoms with van der Waals surface area (Å²) >= 11 is 13.8. The summed E-state index contributed by atoms with van der Waals surface area (Å²) in [6, 6.07) is 5.60. The monoisotopic (exact) mass is 410 g/mol. The molecular weight excluding hydrogens is 387 g/mol. The predicted molar refractivity (Wildman–Crippen MR) is 110 cm³/mol. The lowest BCUT2D eigenvalue weighted by Gasteiger charge is -2.27. The standard InChI is InChI=1S/C20H24Cl2N2OS/c1-2-16-11-26-20(23-15-5-6-17(21)18(22)10-15)24(16)19(25)9-14-8-12-3-4-13(14)7-12/h5-6,10,12-14,16H,2-4,7-9,11H2,1H3. The first-order valence-corrected chi connectivity index (χ1v) is 11.3. The third kappa shape index (κ3) is 3.65. The van der Waals surface area contributed by atoms with Gasteiger partial charge in [0.15, 0.2) is 5.17 Å². The number of hydrogen-bond donors (Lipinski definition) is 0. The van der Waals surface area contributed by atoms with Crippen molar-refractivity contribution in [2.45, 2.75) is 51.5 Å². The number of rotatable bonds is 4. The van der Waals surface area contributed by atoms with E-state index >= 15 is 0 Å². The maximum absolute atomic E-state index is 13.2. The lowest BCUT2D eigenvalue weighted by Crippen LogP contribution is -2.40. The van der Waals surface area contributed by atoms with Crippen LogP contribution in [0.4, 0.5) is 5.69 Å². The van der Waals surface area contributed by atoms with Crippen molar-refractivity contribution in [3.05, 3.63) is 28.2 Å². The van der Waals surface area contributed by atoms with Gasteiger partial charge in [-0.3, -0.25) is 9.69 Å². The Morgan fingerprint density at radius 2 is 2.12 bits per heavy atom. The molecular formula is C20H24Cl2N2OS. The average Bonchev–Trinajstić information content (AvgIpc) is 3.33. The molecule has 0 N–H and O–H groups in total. The van der Waals surface area contributed by atoms with Gasteiger partial charge in [0.1, 0.15) is 0 Å². The number of aliphatic imine (C=N–C) groups is 1. The van der Waals surface area contributed by atoms with Gasteiger partial charge in [-0.25, -0.2) is 4.99 Å². The number of hydrogen-bond acceptors (Lipinski definition) is 3. The summed E-state index contributed by atoms with van der Waals surface area (Å²) in [5, 5.41) is 1.82. The number of nitrogens with zero attached hydrogens (tertiary/aromatic N) is 2. The van der Waals surface area contributed by atoms with Crippen LogP contribution in [-0.2, 0) is 4.79 Å². The van der Waals surface area contributed by atoms with E-state index in [0.29, 0.717) is 22.4 Å². The van der Waals surface area contributed by atoms with Crippen molar-refractivity contribution < 1.29 is 4.79 Å². The summed E-state index contributed by atoms with van der Waals surface area (Å²) in [6.07, 6.45) is 6.91. The highest BCUT2D eigenvalue weighted by Gasteiger charge is 2.42. The number of thioether (sulfide) groups is 1. The largest absolute Gasteiger partial charge is 0.287 e. The Morgan fingerprint density at radius 1 is 1.27 bits per heavy atom. The molecule has 1 aromatic rings. The minimum absolute atomic E-state index is 0.243. The number of carbonyl (C=O) groups excluding carboxylic acids is 1. The molecule has 3 aliphatic rings. The summed E-state index contributed by atoms with van der Waals surface area (Å²) in [5.41, 5.74) is 0.747. The normalized spacial score (nSPS) is 32.0. The molecule has 26 heavy (non-hydrogen) atoms. The van der Waals surface area contributed by atoms with Gasteiger partial charge >= 0.3 is 0 Å².